The van der Waals surface area contributed by atoms with E-state index in [4.69, 9.17) is 5.11 Å². The third-order valence-electron chi connectivity index (χ3n) is 2.64. The number of hydrogen-bond acceptors (Lipinski definition) is 4. The first kappa shape index (κ1) is 13.1. The zero-order valence-electron chi connectivity index (χ0n) is 10.1. The van der Waals surface area contributed by atoms with Gasteiger partial charge in [0.1, 0.15) is 0 Å². The Balaban J connectivity index is 2.27. The zero-order valence-corrected chi connectivity index (χ0v) is 10.1. The van der Waals surface area contributed by atoms with Gasteiger partial charge in [-0.15, -0.1) is 0 Å². The first-order valence-corrected chi connectivity index (χ1v) is 5.63. The number of aliphatic hydroxyl groups is 1. The highest BCUT2D eigenvalue weighted by Crippen LogP contribution is 1.97. The molecule has 0 aliphatic heterocycles. The Morgan fingerprint density at radius 1 is 1.50 bits per heavy atom. The van der Waals surface area contributed by atoms with Crippen LogP contribution in [0.15, 0.2) is 24.4 Å². The molecule has 1 heterocycles. The minimum atomic E-state index is 0.147. The standard InChI is InChI=1S/C12H21N3O/c1-13-12(10-16)9-15(2)8-6-11-5-3-4-7-14-11/h3-5,7,12-13,16H,6,8-10H2,1-2H3. The van der Waals surface area contributed by atoms with Crippen LogP contribution in [0.3, 0.4) is 0 Å². The van der Waals surface area contributed by atoms with E-state index < -0.39 is 0 Å². The molecule has 0 bridgehead atoms. The van der Waals surface area contributed by atoms with Gasteiger partial charge in [0.05, 0.1) is 6.61 Å². The van der Waals surface area contributed by atoms with Crippen molar-refractivity contribution in [3.05, 3.63) is 30.1 Å². The lowest BCUT2D eigenvalue weighted by Crippen LogP contribution is -2.40. The van der Waals surface area contributed by atoms with Crippen LogP contribution in [0.1, 0.15) is 5.69 Å². The number of aliphatic hydroxyl groups excluding tert-OH is 1. The molecule has 1 unspecified atom stereocenters. The molecule has 0 saturated heterocycles. The van der Waals surface area contributed by atoms with Crippen LogP contribution in [-0.4, -0.2) is 54.8 Å². The van der Waals surface area contributed by atoms with E-state index in [9.17, 15) is 0 Å². The van der Waals surface area contributed by atoms with Crippen LogP contribution in [0.5, 0.6) is 0 Å². The average molecular weight is 223 g/mol. The number of nitrogens with one attached hydrogen (secondary N) is 1. The van der Waals surface area contributed by atoms with E-state index in [0.29, 0.717) is 0 Å². The molecule has 0 aromatic carbocycles. The molecule has 90 valence electrons. The van der Waals surface area contributed by atoms with Gasteiger partial charge in [0.15, 0.2) is 0 Å². The molecule has 0 fully saturated rings. The van der Waals surface area contributed by atoms with E-state index in [-0.39, 0.29) is 12.6 Å². The van der Waals surface area contributed by atoms with E-state index in [0.717, 1.165) is 25.2 Å². The number of aromatic nitrogens is 1. The lowest BCUT2D eigenvalue weighted by molar-refractivity contribution is 0.205. The minimum absolute atomic E-state index is 0.147. The maximum Gasteiger partial charge on any atom is 0.0597 e. The van der Waals surface area contributed by atoms with Gasteiger partial charge in [0, 0.05) is 37.4 Å². The van der Waals surface area contributed by atoms with Crippen molar-refractivity contribution >= 4 is 0 Å². The van der Waals surface area contributed by atoms with Crippen molar-refractivity contribution in [3.8, 4) is 0 Å². The number of pyridine rings is 1. The SMILES string of the molecule is CNC(CO)CN(C)CCc1ccccn1. The molecule has 0 radical (unpaired) electrons. The van der Waals surface area contributed by atoms with Gasteiger partial charge in [-0.3, -0.25) is 4.98 Å². The summed E-state index contributed by atoms with van der Waals surface area (Å²) in [6.45, 7) is 1.97. The summed E-state index contributed by atoms with van der Waals surface area (Å²) in [5.41, 5.74) is 1.11. The third-order valence-corrected chi connectivity index (χ3v) is 2.64. The predicted octanol–water partition coefficient (Wildman–Crippen LogP) is 0.136. The lowest BCUT2D eigenvalue weighted by atomic mass is 10.2. The summed E-state index contributed by atoms with van der Waals surface area (Å²) in [4.78, 5) is 6.48. The second kappa shape index (κ2) is 7.33. The van der Waals surface area contributed by atoms with Crippen LogP contribution in [0.2, 0.25) is 0 Å². The fraction of sp³-hybridized carbons (Fsp3) is 0.583. The minimum Gasteiger partial charge on any atom is -0.395 e. The van der Waals surface area contributed by atoms with Gasteiger partial charge in [-0.05, 0) is 26.2 Å². The molecule has 0 amide bonds. The predicted molar refractivity (Wildman–Crippen MR) is 65.4 cm³/mol. The van der Waals surface area contributed by atoms with Crippen LogP contribution in [0.25, 0.3) is 0 Å². The Hall–Kier alpha value is -0.970. The first-order valence-electron chi connectivity index (χ1n) is 5.63. The second-order valence-corrected chi connectivity index (χ2v) is 4.00. The van der Waals surface area contributed by atoms with E-state index in [2.05, 4.69) is 22.2 Å². The summed E-state index contributed by atoms with van der Waals surface area (Å²) in [6, 6.07) is 6.12. The van der Waals surface area contributed by atoms with Crippen LogP contribution in [0.4, 0.5) is 0 Å². The van der Waals surface area contributed by atoms with E-state index >= 15 is 0 Å². The van der Waals surface area contributed by atoms with Gasteiger partial charge in [-0.2, -0.15) is 0 Å². The molecule has 1 rings (SSSR count). The van der Waals surface area contributed by atoms with Crippen molar-refractivity contribution in [1.29, 1.82) is 0 Å². The summed E-state index contributed by atoms with van der Waals surface area (Å²) in [5.74, 6) is 0. The third kappa shape index (κ3) is 4.70. The van der Waals surface area contributed by atoms with Crippen molar-refractivity contribution in [2.45, 2.75) is 12.5 Å². The summed E-state index contributed by atoms with van der Waals surface area (Å²) in [5, 5.41) is 12.1. The Labute approximate surface area is 97.3 Å². The van der Waals surface area contributed by atoms with Gasteiger partial charge in [-0.25, -0.2) is 0 Å². The fourth-order valence-corrected chi connectivity index (χ4v) is 1.56. The molecule has 1 aromatic rings. The lowest BCUT2D eigenvalue weighted by Gasteiger charge is -2.22. The molecule has 0 saturated carbocycles. The summed E-state index contributed by atoms with van der Waals surface area (Å²) in [6.07, 6.45) is 2.76. The van der Waals surface area contributed by atoms with Gasteiger partial charge in [-0.1, -0.05) is 6.07 Å². The summed E-state index contributed by atoms with van der Waals surface area (Å²) >= 11 is 0. The molecule has 2 N–H and O–H groups in total. The highest BCUT2D eigenvalue weighted by atomic mass is 16.3. The van der Waals surface area contributed by atoms with Crippen molar-refractivity contribution < 1.29 is 5.11 Å². The molecule has 0 spiro atoms. The van der Waals surface area contributed by atoms with Crippen molar-refractivity contribution in [2.24, 2.45) is 0 Å². The number of nitrogens with zero attached hydrogens (tertiary/aromatic N) is 2. The zero-order chi connectivity index (χ0) is 11.8. The topological polar surface area (TPSA) is 48.4 Å². The van der Waals surface area contributed by atoms with E-state index in [1.54, 1.807) is 0 Å². The normalized spacial score (nSPS) is 13.0. The molecule has 1 aromatic heterocycles. The average Bonchev–Trinajstić information content (AvgIpc) is 2.34. The molecule has 4 heteroatoms. The number of hydrogen-bond donors (Lipinski definition) is 2. The maximum atomic E-state index is 9.06. The Bertz CT molecular complexity index is 275. The quantitative estimate of drug-likeness (QED) is 0.690. The molecular weight excluding hydrogens is 202 g/mol. The molecule has 4 nitrogen and oxygen atoms in total. The smallest absolute Gasteiger partial charge is 0.0597 e. The highest BCUT2D eigenvalue weighted by molar-refractivity contribution is 5.03. The van der Waals surface area contributed by atoms with Gasteiger partial charge in [0.2, 0.25) is 0 Å². The Kier molecular flexibility index (Phi) is 6.00. The van der Waals surface area contributed by atoms with Gasteiger partial charge in [0.25, 0.3) is 0 Å². The largest absolute Gasteiger partial charge is 0.395 e. The molecule has 1 atom stereocenters. The second-order valence-electron chi connectivity index (χ2n) is 4.00. The first-order chi connectivity index (χ1) is 7.76. The monoisotopic (exact) mass is 223 g/mol. The summed E-state index contributed by atoms with van der Waals surface area (Å²) in [7, 11) is 3.93. The molecule has 16 heavy (non-hydrogen) atoms. The van der Waals surface area contributed by atoms with Crippen molar-refractivity contribution in [3.63, 3.8) is 0 Å². The highest BCUT2D eigenvalue weighted by Gasteiger charge is 2.07. The van der Waals surface area contributed by atoms with Crippen LogP contribution in [0, 0.1) is 0 Å². The maximum absolute atomic E-state index is 9.06. The summed E-state index contributed by atoms with van der Waals surface area (Å²) < 4.78 is 0. The van der Waals surface area contributed by atoms with Crippen molar-refractivity contribution in [2.75, 3.05) is 33.8 Å². The van der Waals surface area contributed by atoms with Crippen LogP contribution >= 0.6 is 0 Å². The Morgan fingerprint density at radius 2 is 2.31 bits per heavy atom. The van der Waals surface area contributed by atoms with Crippen molar-refractivity contribution in [1.82, 2.24) is 15.2 Å². The Morgan fingerprint density at radius 3 is 2.88 bits per heavy atom. The van der Waals surface area contributed by atoms with Crippen LogP contribution < -0.4 is 5.32 Å². The molecule has 0 aliphatic rings. The van der Waals surface area contributed by atoms with Gasteiger partial charge >= 0.3 is 0 Å². The van der Waals surface area contributed by atoms with Gasteiger partial charge < -0.3 is 15.3 Å². The van der Waals surface area contributed by atoms with E-state index in [1.165, 1.54) is 0 Å². The number of likely N-dealkylation sites (N-methyl/N-ethyl adjacent to an activating group) is 2. The van der Waals surface area contributed by atoms with Crippen LogP contribution in [-0.2, 0) is 6.42 Å². The number of rotatable bonds is 7. The molecule has 0 aliphatic carbocycles. The molecular formula is C12H21N3O. The van der Waals surface area contributed by atoms with E-state index in [1.807, 2.05) is 31.4 Å². The fourth-order valence-electron chi connectivity index (χ4n) is 1.56.